The third-order valence-corrected chi connectivity index (χ3v) is 5.51. The summed E-state index contributed by atoms with van der Waals surface area (Å²) in [4.78, 5) is 60.7. The summed E-state index contributed by atoms with van der Waals surface area (Å²) in [5.41, 5.74) is 11.9. The van der Waals surface area contributed by atoms with Gasteiger partial charge in [-0.1, -0.05) is 50.6 Å². The van der Waals surface area contributed by atoms with E-state index in [0.29, 0.717) is 6.42 Å². The zero-order valence-electron chi connectivity index (χ0n) is 20.1. The second-order valence-corrected chi connectivity index (χ2v) is 8.46. The second kappa shape index (κ2) is 14.0. The average molecular weight is 494 g/mol. The van der Waals surface area contributed by atoms with E-state index in [1.54, 1.807) is 13.8 Å². The Hall–Kier alpha value is -3.51. The Morgan fingerprint density at radius 3 is 1.94 bits per heavy atom. The molecule has 1 aromatic rings. The van der Waals surface area contributed by atoms with Crippen LogP contribution in [0.25, 0.3) is 0 Å². The highest BCUT2D eigenvalue weighted by Crippen LogP contribution is 2.10. The Kier molecular flexibility index (Phi) is 11.8. The Bertz CT molecular complexity index is 894. The Morgan fingerprint density at radius 1 is 0.914 bits per heavy atom. The molecular weight excluding hydrogens is 458 g/mol. The number of nitrogens with two attached hydrogens (primary N) is 2. The van der Waals surface area contributed by atoms with Gasteiger partial charge in [0.05, 0.1) is 18.6 Å². The van der Waals surface area contributed by atoms with Gasteiger partial charge in [-0.15, -0.1) is 0 Å². The number of carboxylic acid groups (broad SMARTS) is 1. The fourth-order valence-electron chi connectivity index (χ4n) is 3.23. The minimum absolute atomic E-state index is 0.247. The molecule has 6 atom stereocenters. The SMILES string of the molecule is CCC(C)C(NC(=O)C(N)Cc1ccccc1)C(=O)NC(C(=O)NC(CC(N)=O)C(=O)O)C(C)O. The highest BCUT2D eigenvalue weighted by Gasteiger charge is 2.34. The molecule has 0 aliphatic heterocycles. The van der Waals surface area contributed by atoms with Crippen molar-refractivity contribution in [2.45, 2.75) is 70.3 Å². The lowest BCUT2D eigenvalue weighted by Gasteiger charge is -2.28. The van der Waals surface area contributed by atoms with Crippen molar-refractivity contribution in [3.8, 4) is 0 Å². The van der Waals surface area contributed by atoms with E-state index < -0.39 is 66.3 Å². The first-order chi connectivity index (χ1) is 16.4. The standard InChI is InChI=1S/C23H35N5O7/c1-4-12(2)18(27-20(31)15(24)10-14-8-6-5-7-9-14)21(32)28-19(13(3)29)22(33)26-16(23(34)35)11-17(25)30/h5-9,12-13,15-16,18-19,29H,4,10-11,24H2,1-3H3,(H2,25,30)(H,26,33)(H,27,31)(H,28,32)(H,34,35). The molecule has 4 amide bonds. The number of rotatable bonds is 14. The van der Waals surface area contributed by atoms with E-state index in [-0.39, 0.29) is 12.3 Å². The molecule has 35 heavy (non-hydrogen) atoms. The van der Waals surface area contributed by atoms with Gasteiger partial charge in [0.2, 0.25) is 23.6 Å². The van der Waals surface area contributed by atoms with Gasteiger partial charge < -0.3 is 37.6 Å². The Morgan fingerprint density at radius 2 is 1.46 bits per heavy atom. The van der Waals surface area contributed by atoms with E-state index in [9.17, 15) is 34.2 Å². The van der Waals surface area contributed by atoms with Crippen LogP contribution < -0.4 is 27.4 Å². The summed E-state index contributed by atoms with van der Waals surface area (Å²) >= 11 is 0. The molecule has 1 rings (SSSR count). The summed E-state index contributed by atoms with van der Waals surface area (Å²) in [6, 6.07) is 3.89. The third kappa shape index (κ3) is 9.71. The zero-order chi connectivity index (χ0) is 26.7. The fraction of sp³-hybridized carbons (Fsp3) is 0.522. The Labute approximate surface area is 203 Å². The molecule has 0 saturated carbocycles. The molecule has 12 nitrogen and oxygen atoms in total. The molecule has 0 bridgehead atoms. The van der Waals surface area contributed by atoms with E-state index in [1.807, 2.05) is 30.3 Å². The predicted molar refractivity (Wildman–Crippen MR) is 126 cm³/mol. The lowest BCUT2D eigenvalue weighted by atomic mass is 9.96. The summed E-state index contributed by atoms with van der Waals surface area (Å²) in [5.74, 6) is -5.19. The van der Waals surface area contributed by atoms with Crippen LogP contribution >= 0.6 is 0 Å². The number of aliphatic hydroxyl groups is 1. The molecular formula is C23H35N5O7. The zero-order valence-corrected chi connectivity index (χ0v) is 20.1. The van der Waals surface area contributed by atoms with Gasteiger partial charge in [-0.3, -0.25) is 19.2 Å². The van der Waals surface area contributed by atoms with Crippen molar-refractivity contribution in [1.82, 2.24) is 16.0 Å². The fourth-order valence-corrected chi connectivity index (χ4v) is 3.23. The number of hydrogen-bond acceptors (Lipinski definition) is 7. The molecule has 0 aliphatic carbocycles. The number of primary amides is 1. The van der Waals surface area contributed by atoms with Crippen molar-refractivity contribution < 1.29 is 34.2 Å². The summed E-state index contributed by atoms with van der Waals surface area (Å²) in [5, 5.41) is 26.3. The van der Waals surface area contributed by atoms with E-state index in [1.165, 1.54) is 6.92 Å². The van der Waals surface area contributed by atoms with Crippen LogP contribution in [0, 0.1) is 5.92 Å². The number of amides is 4. The van der Waals surface area contributed by atoms with Crippen molar-refractivity contribution in [2.75, 3.05) is 0 Å². The minimum Gasteiger partial charge on any atom is -0.480 e. The molecule has 0 saturated heterocycles. The van der Waals surface area contributed by atoms with Crippen LogP contribution in [0.5, 0.6) is 0 Å². The third-order valence-electron chi connectivity index (χ3n) is 5.51. The lowest BCUT2D eigenvalue weighted by molar-refractivity contribution is -0.144. The van der Waals surface area contributed by atoms with Crippen molar-refractivity contribution in [3.05, 3.63) is 35.9 Å². The maximum absolute atomic E-state index is 13.0. The molecule has 0 spiro atoms. The van der Waals surface area contributed by atoms with E-state index in [4.69, 9.17) is 11.5 Å². The molecule has 0 heterocycles. The number of carboxylic acids is 1. The van der Waals surface area contributed by atoms with Gasteiger partial charge in [0.1, 0.15) is 18.1 Å². The van der Waals surface area contributed by atoms with Gasteiger partial charge >= 0.3 is 5.97 Å². The van der Waals surface area contributed by atoms with Crippen LogP contribution in [0.2, 0.25) is 0 Å². The Balaban J connectivity index is 2.95. The summed E-state index contributed by atoms with van der Waals surface area (Å²) < 4.78 is 0. The van der Waals surface area contributed by atoms with Crippen LogP contribution in [0.15, 0.2) is 30.3 Å². The predicted octanol–water partition coefficient (Wildman–Crippen LogP) is -1.60. The summed E-state index contributed by atoms with van der Waals surface area (Å²) in [6.45, 7) is 4.75. The smallest absolute Gasteiger partial charge is 0.326 e. The molecule has 6 unspecified atom stereocenters. The van der Waals surface area contributed by atoms with Gasteiger partial charge in [0.25, 0.3) is 0 Å². The van der Waals surface area contributed by atoms with Crippen molar-refractivity contribution in [3.63, 3.8) is 0 Å². The van der Waals surface area contributed by atoms with E-state index in [0.717, 1.165) is 5.56 Å². The lowest BCUT2D eigenvalue weighted by Crippen LogP contribution is -2.61. The normalized spacial score (nSPS) is 16.0. The van der Waals surface area contributed by atoms with E-state index >= 15 is 0 Å². The molecule has 0 radical (unpaired) electrons. The number of aliphatic hydroxyl groups excluding tert-OH is 1. The van der Waals surface area contributed by atoms with E-state index in [2.05, 4.69) is 16.0 Å². The molecule has 9 N–H and O–H groups in total. The quantitative estimate of drug-likeness (QED) is 0.160. The van der Waals surface area contributed by atoms with Crippen LogP contribution in [-0.2, 0) is 30.4 Å². The first-order valence-electron chi connectivity index (χ1n) is 11.3. The monoisotopic (exact) mass is 493 g/mol. The maximum Gasteiger partial charge on any atom is 0.326 e. The molecule has 1 aromatic carbocycles. The van der Waals surface area contributed by atoms with Crippen LogP contribution in [0.4, 0.5) is 0 Å². The topological polar surface area (TPSA) is 214 Å². The number of aliphatic carboxylic acids is 1. The highest BCUT2D eigenvalue weighted by molar-refractivity contribution is 5.95. The molecule has 12 heteroatoms. The highest BCUT2D eigenvalue weighted by atomic mass is 16.4. The number of benzene rings is 1. The van der Waals surface area contributed by atoms with Crippen molar-refractivity contribution in [1.29, 1.82) is 0 Å². The second-order valence-electron chi connectivity index (χ2n) is 8.46. The maximum atomic E-state index is 13.0. The first kappa shape index (κ1) is 29.5. The number of nitrogens with one attached hydrogen (secondary N) is 3. The van der Waals surface area contributed by atoms with Crippen LogP contribution in [0.3, 0.4) is 0 Å². The summed E-state index contributed by atoms with van der Waals surface area (Å²) in [6.07, 6.45) is -1.35. The average Bonchev–Trinajstić information content (AvgIpc) is 2.79. The summed E-state index contributed by atoms with van der Waals surface area (Å²) in [7, 11) is 0. The van der Waals surface area contributed by atoms with Crippen LogP contribution in [-0.4, -0.2) is 70.1 Å². The van der Waals surface area contributed by atoms with Gasteiger partial charge in [-0.2, -0.15) is 0 Å². The number of carbonyl (C=O) groups excluding carboxylic acids is 4. The molecule has 0 fully saturated rings. The number of carbonyl (C=O) groups is 5. The first-order valence-corrected chi connectivity index (χ1v) is 11.3. The molecule has 0 aliphatic rings. The van der Waals surface area contributed by atoms with Gasteiger partial charge in [0.15, 0.2) is 0 Å². The van der Waals surface area contributed by atoms with Crippen molar-refractivity contribution in [2.24, 2.45) is 17.4 Å². The van der Waals surface area contributed by atoms with Gasteiger partial charge in [-0.25, -0.2) is 4.79 Å². The van der Waals surface area contributed by atoms with Crippen molar-refractivity contribution >= 4 is 29.6 Å². The number of hydrogen-bond donors (Lipinski definition) is 7. The van der Waals surface area contributed by atoms with Gasteiger partial charge in [0, 0.05) is 0 Å². The largest absolute Gasteiger partial charge is 0.480 e. The molecule has 0 aromatic heterocycles. The van der Waals surface area contributed by atoms with Gasteiger partial charge in [-0.05, 0) is 24.8 Å². The minimum atomic E-state index is -1.64. The molecule has 194 valence electrons. The van der Waals surface area contributed by atoms with Crippen LogP contribution in [0.1, 0.15) is 39.2 Å².